The average Bonchev–Trinajstić information content (AvgIpc) is 3.06. The van der Waals surface area contributed by atoms with E-state index in [-0.39, 0.29) is 6.04 Å². The summed E-state index contributed by atoms with van der Waals surface area (Å²) in [5.74, 6) is 0.578. The molecule has 0 aromatic carbocycles. The van der Waals surface area contributed by atoms with Gasteiger partial charge < -0.3 is 4.90 Å². The van der Waals surface area contributed by atoms with Gasteiger partial charge >= 0.3 is 6.18 Å². The summed E-state index contributed by atoms with van der Waals surface area (Å²) in [5.41, 5.74) is 0.347. The van der Waals surface area contributed by atoms with Gasteiger partial charge in [-0.15, -0.1) is 0 Å². The highest BCUT2D eigenvalue weighted by molar-refractivity contribution is 5.44. The number of hydrogen-bond donors (Lipinski definition) is 0. The Kier molecular flexibility index (Phi) is 3.35. The highest BCUT2D eigenvalue weighted by Gasteiger charge is 2.32. The lowest BCUT2D eigenvalue weighted by Crippen LogP contribution is -2.23. The zero-order valence-corrected chi connectivity index (χ0v) is 11.5. The standard InChI is InChI=1S/C14H15F3N4/c1-20-9-10(7-19-20)12-3-2-6-21(12)13-5-4-11(8-18-13)14(15,16)17/h4-5,7-9,12H,2-3,6H2,1H3. The Morgan fingerprint density at radius 2 is 2.05 bits per heavy atom. The van der Waals surface area contributed by atoms with E-state index >= 15 is 0 Å². The summed E-state index contributed by atoms with van der Waals surface area (Å²) in [6.45, 7) is 0.790. The second-order valence-electron chi connectivity index (χ2n) is 5.20. The smallest absolute Gasteiger partial charge is 0.349 e. The van der Waals surface area contributed by atoms with Crippen LogP contribution in [0.1, 0.15) is 30.0 Å². The number of aryl methyl sites for hydroxylation is 1. The highest BCUT2D eigenvalue weighted by Crippen LogP contribution is 2.36. The predicted molar refractivity (Wildman–Crippen MR) is 71.8 cm³/mol. The Hall–Kier alpha value is -2.05. The molecule has 1 saturated heterocycles. The Labute approximate surface area is 120 Å². The van der Waals surface area contributed by atoms with E-state index in [0.717, 1.165) is 37.2 Å². The van der Waals surface area contributed by atoms with Crippen molar-refractivity contribution in [2.24, 2.45) is 7.05 Å². The molecule has 0 N–H and O–H groups in total. The third-order valence-electron chi connectivity index (χ3n) is 3.73. The van der Waals surface area contributed by atoms with Crippen LogP contribution in [0, 0.1) is 0 Å². The molecule has 1 unspecified atom stereocenters. The monoisotopic (exact) mass is 296 g/mol. The van der Waals surface area contributed by atoms with Crippen molar-refractivity contribution >= 4 is 5.82 Å². The normalized spacial score (nSPS) is 19.2. The van der Waals surface area contributed by atoms with Crippen molar-refractivity contribution in [3.05, 3.63) is 41.9 Å². The first-order chi connectivity index (χ1) is 9.95. The van der Waals surface area contributed by atoms with Gasteiger partial charge in [0.05, 0.1) is 17.8 Å². The van der Waals surface area contributed by atoms with E-state index in [0.29, 0.717) is 5.82 Å². The maximum absolute atomic E-state index is 12.6. The molecule has 0 bridgehead atoms. The molecule has 3 rings (SSSR count). The molecule has 1 fully saturated rings. The molecule has 1 atom stereocenters. The van der Waals surface area contributed by atoms with Crippen LogP contribution in [-0.4, -0.2) is 21.3 Å². The van der Waals surface area contributed by atoms with Crippen molar-refractivity contribution < 1.29 is 13.2 Å². The molecule has 7 heteroatoms. The Balaban J connectivity index is 1.85. The zero-order chi connectivity index (χ0) is 15.0. The van der Waals surface area contributed by atoms with Gasteiger partial charge in [0.15, 0.2) is 0 Å². The van der Waals surface area contributed by atoms with Crippen molar-refractivity contribution in [1.29, 1.82) is 0 Å². The highest BCUT2D eigenvalue weighted by atomic mass is 19.4. The molecule has 3 heterocycles. The van der Waals surface area contributed by atoms with Gasteiger partial charge in [0.25, 0.3) is 0 Å². The molecule has 0 saturated carbocycles. The van der Waals surface area contributed by atoms with Crippen LogP contribution in [0.2, 0.25) is 0 Å². The van der Waals surface area contributed by atoms with Gasteiger partial charge in [0.2, 0.25) is 0 Å². The molecular weight excluding hydrogens is 281 g/mol. The van der Waals surface area contributed by atoms with Crippen molar-refractivity contribution in [3.8, 4) is 0 Å². The van der Waals surface area contributed by atoms with Crippen molar-refractivity contribution in [2.45, 2.75) is 25.1 Å². The quantitative estimate of drug-likeness (QED) is 0.853. The largest absolute Gasteiger partial charge is 0.417 e. The number of rotatable bonds is 2. The van der Waals surface area contributed by atoms with Gasteiger partial charge in [-0.25, -0.2) is 4.98 Å². The van der Waals surface area contributed by atoms with Gasteiger partial charge in [-0.3, -0.25) is 4.68 Å². The van der Waals surface area contributed by atoms with Crippen LogP contribution in [0.15, 0.2) is 30.7 Å². The van der Waals surface area contributed by atoms with Crippen LogP contribution >= 0.6 is 0 Å². The molecule has 21 heavy (non-hydrogen) atoms. The molecule has 0 radical (unpaired) electrons. The number of nitrogens with zero attached hydrogens (tertiary/aromatic N) is 4. The van der Waals surface area contributed by atoms with Gasteiger partial charge in [-0.2, -0.15) is 18.3 Å². The van der Waals surface area contributed by atoms with Crippen molar-refractivity contribution in [2.75, 3.05) is 11.4 Å². The van der Waals surface area contributed by atoms with Crippen LogP contribution in [0.5, 0.6) is 0 Å². The number of hydrogen-bond acceptors (Lipinski definition) is 3. The topological polar surface area (TPSA) is 34.0 Å². The fraction of sp³-hybridized carbons (Fsp3) is 0.429. The summed E-state index contributed by atoms with van der Waals surface area (Å²) < 4.78 is 39.5. The van der Waals surface area contributed by atoms with Gasteiger partial charge in [0, 0.05) is 31.5 Å². The lowest BCUT2D eigenvalue weighted by atomic mass is 10.1. The molecule has 0 amide bonds. The minimum absolute atomic E-state index is 0.128. The second-order valence-corrected chi connectivity index (χ2v) is 5.20. The van der Waals surface area contributed by atoms with E-state index in [9.17, 15) is 13.2 Å². The van der Waals surface area contributed by atoms with E-state index < -0.39 is 11.7 Å². The first kappa shape index (κ1) is 13.9. The number of alkyl halides is 3. The first-order valence-corrected chi connectivity index (χ1v) is 6.73. The van der Waals surface area contributed by atoms with Crippen molar-refractivity contribution in [3.63, 3.8) is 0 Å². The number of anilines is 1. The summed E-state index contributed by atoms with van der Waals surface area (Å²) >= 11 is 0. The van der Waals surface area contributed by atoms with Crippen LogP contribution < -0.4 is 4.90 Å². The molecule has 112 valence electrons. The minimum atomic E-state index is -4.35. The van der Waals surface area contributed by atoms with E-state index in [1.165, 1.54) is 6.07 Å². The van der Waals surface area contributed by atoms with Crippen LogP contribution in [0.3, 0.4) is 0 Å². The third-order valence-corrected chi connectivity index (χ3v) is 3.73. The molecule has 1 aliphatic heterocycles. The van der Waals surface area contributed by atoms with Crippen LogP contribution in [-0.2, 0) is 13.2 Å². The van der Waals surface area contributed by atoms with E-state index in [2.05, 4.69) is 10.1 Å². The van der Waals surface area contributed by atoms with Gasteiger partial charge in [0.1, 0.15) is 5.82 Å². The summed E-state index contributed by atoms with van der Waals surface area (Å²) in [6, 6.07) is 2.65. The minimum Gasteiger partial charge on any atom is -0.349 e. The van der Waals surface area contributed by atoms with Crippen molar-refractivity contribution in [1.82, 2.24) is 14.8 Å². The molecule has 2 aromatic rings. The summed E-state index contributed by atoms with van der Waals surface area (Å²) in [5, 5.41) is 4.16. The molecule has 1 aliphatic rings. The van der Waals surface area contributed by atoms with E-state index in [1.54, 1.807) is 10.9 Å². The molecule has 2 aromatic heterocycles. The SMILES string of the molecule is Cn1cc(C2CCCN2c2ccc(C(F)(F)F)cn2)cn1. The lowest BCUT2D eigenvalue weighted by molar-refractivity contribution is -0.137. The maximum Gasteiger partial charge on any atom is 0.417 e. The fourth-order valence-electron chi connectivity index (χ4n) is 2.72. The number of pyridine rings is 1. The summed E-state index contributed by atoms with van der Waals surface area (Å²) in [4.78, 5) is 6.03. The second kappa shape index (κ2) is 5.05. The van der Waals surface area contributed by atoms with E-state index in [4.69, 9.17) is 0 Å². The Morgan fingerprint density at radius 1 is 1.24 bits per heavy atom. The Bertz CT molecular complexity index is 618. The third kappa shape index (κ3) is 2.72. The first-order valence-electron chi connectivity index (χ1n) is 6.73. The van der Waals surface area contributed by atoms with Gasteiger partial charge in [-0.1, -0.05) is 0 Å². The summed E-state index contributed by atoms with van der Waals surface area (Å²) in [7, 11) is 1.85. The Morgan fingerprint density at radius 3 is 2.62 bits per heavy atom. The van der Waals surface area contributed by atoms with Gasteiger partial charge in [-0.05, 0) is 25.0 Å². The molecular formula is C14H15F3N4. The lowest BCUT2D eigenvalue weighted by Gasteiger charge is -2.25. The zero-order valence-electron chi connectivity index (χ0n) is 11.5. The number of halogens is 3. The summed E-state index contributed by atoms with van der Waals surface area (Å²) in [6.07, 6.45) is 2.23. The average molecular weight is 296 g/mol. The predicted octanol–water partition coefficient (Wildman–Crippen LogP) is 3.18. The maximum atomic E-state index is 12.6. The number of aromatic nitrogens is 3. The molecule has 4 nitrogen and oxygen atoms in total. The van der Waals surface area contributed by atoms with E-state index in [1.807, 2.05) is 18.1 Å². The molecule has 0 aliphatic carbocycles. The molecule has 0 spiro atoms. The van der Waals surface area contributed by atoms with Crippen LogP contribution in [0.4, 0.5) is 19.0 Å². The fourth-order valence-corrected chi connectivity index (χ4v) is 2.72. The van der Waals surface area contributed by atoms with Crippen LogP contribution in [0.25, 0.3) is 0 Å².